The van der Waals surface area contributed by atoms with Crippen LogP contribution < -0.4 is 5.32 Å². The van der Waals surface area contributed by atoms with Gasteiger partial charge in [-0.25, -0.2) is 9.63 Å². The summed E-state index contributed by atoms with van der Waals surface area (Å²) in [7, 11) is 0. The lowest BCUT2D eigenvalue weighted by molar-refractivity contribution is -0.493. The highest BCUT2D eigenvalue weighted by molar-refractivity contribution is 5.88. The highest BCUT2D eigenvalue weighted by Gasteiger charge is 2.48. The first-order chi connectivity index (χ1) is 18.3. The lowest BCUT2D eigenvalue weighted by atomic mass is 9.84. The van der Waals surface area contributed by atoms with Crippen molar-refractivity contribution in [2.24, 2.45) is 5.92 Å². The number of nitrogens with zero attached hydrogens (tertiary/aromatic N) is 2. The van der Waals surface area contributed by atoms with E-state index in [1.165, 1.54) is 0 Å². The van der Waals surface area contributed by atoms with Crippen LogP contribution in [0.4, 0.5) is 0 Å². The Morgan fingerprint density at radius 3 is 2.50 bits per heavy atom. The summed E-state index contributed by atoms with van der Waals surface area (Å²) >= 11 is 0. The standard InChI is InChI=1S/C26H39N3O9/c1-18(24(30)28-22-10-6-5-9-20(22)17-23(28)25(31)32)27-21(12-11-19-7-3-2-4-8-19)26(33)37-15-13-36-14-16-38-29(34)35/h2-4,7-8,18,20-23,27,34-35H,5-6,9-17H2,1H3,(H,31,32). The van der Waals surface area contributed by atoms with Gasteiger partial charge in [0.25, 0.3) is 0 Å². The topological polar surface area (TPSA) is 158 Å². The van der Waals surface area contributed by atoms with Crippen molar-refractivity contribution in [3.05, 3.63) is 35.9 Å². The number of carboxylic acids is 1. The molecule has 1 aromatic carbocycles. The van der Waals surface area contributed by atoms with Gasteiger partial charge in [-0.3, -0.25) is 25.3 Å². The molecule has 1 heterocycles. The largest absolute Gasteiger partial charge is 0.480 e. The van der Waals surface area contributed by atoms with E-state index in [2.05, 4.69) is 10.2 Å². The maximum absolute atomic E-state index is 13.5. The van der Waals surface area contributed by atoms with Crippen LogP contribution in [0.5, 0.6) is 0 Å². The van der Waals surface area contributed by atoms with E-state index < -0.39 is 35.5 Å². The summed E-state index contributed by atoms with van der Waals surface area (Å²) in [6.45, 7) is 1.65. The lowest BCUT2D eigenvalue weighted by Crippen LogP contribution is -2.55. The molecule has 2 aliphatic rings. The number of carbonyl (C=O) groups is 3. The first-order valence-electron chi connectivity index (χ1n) is 13.2. The predicted molar refractivity (Wildman–Crippen MR) is 133 cm³/mol. The Morgan fingerprint density at radius 1 is 1.08 bits per heavy atom. The van der Waals surface area contributed by atoms with Crippen LogP contribution in [-0.4, -0.2) is 94.3 Å². The van der Waals surface area contributed by atoms with Crippen LogP contribution in [0.25, 0.3) is 0 Å². The third kappa shape index (κ3) is 8.72. The van der Waals surface area contributed by atoms with Crippen molar-refractivity contribution in [2.75, 3.05) is 26.4 Å². The number of rotatable bonds is 15. The van der Waals surface area contributed by atoms with Crippen molar-refractivity contribution in [1.29, 1.82) is 0 Å². The molecule has 0 spiro atoms. The molecular formula is C26H39N3O9. The fraction of sp³-hybridized carbons (Fsp3) is 0.654. The molecule has 1 aliphatic carbocycles. The SMILES string of the molecule is CC(NC(CCc1ccccc1)C(=O)OCCOCCON(O)O)C(=O)N1C(C(=O)O)CC2CCCCC21. The zero-order valence-electron chi connectivity index (χ0n) is 21.7. The smallest absolute Gasteiger partial charge is 0.326 e. The molecule has 1 aliphatic heterocycles. The Labute approximate surface area is 222 Å². The molecule has 5 unspecified atom stereocenters. The fourth-order valence-corrected chi connectivity index (χ4v) is 5.40. The van der Waals surface area contributed by atoms with E-state index >= 15 is 0 Å². The van der Waals surface area contributed by atoms with Gasteiger partial charge < -0.3 is 19.5 Å². The first-order valence-corrected chi connectivity index (χ1v) is 13.2. The molecule has 12 heteroatoms. The molecule has 2 fully saturated rings. The van der Waals surface area contributed by atoms with Gasteiger partial charge in [-0.15, -0.1) is 0 Å². The monoisotopic (exact) mass is 537 g/mol. The predicted octanol–water partition coefficient (Wildman–Crippen LogP) is 1.78. The van der Waals surface area contributed by atoms with Gasteiger partial charge in [-0.05, 0) is 50.5 Å². The van der Waals surface area contributed by atoms with Gasteiger partial charge in [-0.1, -0.05) is 43.2 Å². The molecule has 0 radical (unpaired) electrons. The van der Waals surface area contributed by atoms with Gasteiger partial charge in [0.05, 0.1) is 31.3 Å². The second-order valence-corrected chi connectivity index (χ2v) is 9.78. The van der Waals surface area contributed by atoms with E-state index in [1.54, 1.807) is 11.8 Å². The summed E-state index contributed by atoms with van der Waals surface area (Å²) in [5.41, 5.74) is 1.03. The van der Waals surface area contributed by atoms with Gasteiger partial charge in [0.15, 0.2) is 0 Å². The maximum Gasteiger partial charge on any atom is 0.326 e. The van der Waals surface area contributed by atoms with E-state index in [4.69, 9.17) is 19.9 Å². The van der Waals surface area contributed by atoms with Crippen molar-refractivity contribution in [1.82, 2.24) is 15.6 Å². The van der Waals surface area contributed by atoms with Crippen molar-refractivity contribution < 1.29 is 44.2 Å². The van der Waals surface area contributed by atoms with Gasteiger partial charge in [0, 0.05) is 6.04 Å². The van der Waals surface area contributed by atoms with Crippen LogP contribution in [0, 0.1) is 5.92 Å². The highest BCUT2D eigenvalue weighted by Crippen LogP contribution is 2.40. The van der Waals surface area contributed by atoms with Gasteiger partial charge >= 0.3 is 11.9 Å². The van der Waals surface area contributed by atoms with E-state index in [1.807, 2.05) is 30.3 Å². The molecule has 38 heavy (non-hydrogen) atoms. The number of nitrogens with one attached hydrogen (secondary N) is 1. The fourth-order valence-electron chi connectivity index (χ4n) is 5.40. The van der Waals surface area contributed by atoms with Crippen LogP contribution in [-0.2, 0) is 35.1 Å². The van der Waals surface area contributed by atoms with Crippen LogP contribution in [0.15, 0.2) is 30.3 Å². The van der Waals surface area contributed by atoms with Crippen LogP contribution in [0.2, 0.25) is 0 Å². The average molecular weight is 538 g/mol. The van der Waals surface area contributed by atoms with Crippen LogP contribution >= 0.6 is 0 Å². The Morgan fingerprint density at radius 2 is 1.79 bits per heavy atom. The van der Waals surface area contributed by atoms with Gasteiger partial charge in [0.1, 0.15) is 18.7 Å². The summed E-state index contributed by atoms with van der Waals surface area (Å²) in [5, 5.41) is 29.5. The second kappa shape index (κ2) is 15.1. The molecule has 1 aromatic rings. The number of ether oxygens (including phenoxy) is 2. The highest BCUT2D eigenvalue weighted by atomic mass is 17.1. The average Bonchev–Trinajstić information content (AvgIpc) is 3.30. The van der Waals surface area contributed by atoms with Crippen LogP contribution in [0.1, 0.15) is 51.0 Å². The Bertz CT molecular complexity index is 901. The molecule has 1 amide bonds. The quantitative estimate of drug-likeness (QED) is 0.147. The summed E-state index contributed by atoms with van der Waals surface area (Å²) in [5.74, 6) is -1.64. The van der Waals surface area contributed by atoms with E-state index in [0.29, 0.717) is 19.3 Å². The van der Waals surface area contributed by atoms with Crippen molar-refractivity contribution in [3.8, 4) is 0 Å². The van der Waals surface area contributed by atoms with Crippen molar-refractivity contribution in [2.45, 2.75) is 76.0 Å². The Kier molecular flexibility index (Phi) is 11.9. The maximum atomic E-state index is 13.5. The lowest BCUT2D eigenvalue weighted by Gasteiger charge is -2.35. The number of hydrogen-bond acceptors (Lipinski definition) is 10. The number of carbonyl (C=O) groups excluding carboxylic acids is 2. The minimum atomic E-state index is -0.990. The van der Waals surface area contributed by atoms with E-state index in [-0.39, 0.29) is 44.3 Å². The molecule has 12 nitrogen and oxygen atoms in total. The minimum Gasteiger partial charge on any atom is -0.480 e. The molecule has 5 atom stereocenters. The van der Waals surface area contributed by atoms with Gasteiger partial charge in [0.2, 0.25) is 5.91 Å². The molecule has 0 aromatic heterocycles. The number of aliphatic carboxylic acids is 1. The third-order valence-electron chi connectivity index (χ3n) is 7.20. The van der Waals surface area contributed by atoms with E-state index in [9.17, 15) is 19.5 Å². The van der Waals surface area contributed by atoms with Gasteiger partial charge in [-0.2, -0.15) is 0 Å². The molecule has 3 rings (SSSR count). The summed E-state index contributed by atoms with van der Waals surface area (Å²) in [6.07, 6.45) is 5.17. The molecule has 4 N–H and O–H groups in total. The zero-order chi connectivity index (χ0) is 27.5. The first kappa shape index (κ1) is 29.9. The molecule has 0 bridgehead atoms. The molecule has 1 saturated carbocycles. The Balaban J connectivity index is 1.60. The number of hydrogen-bond donors (Lipinski definition) is 4. The number of amides is 1. The van der Waals surface area contributed by atoms with Crippen LogP contribution in [0.3, 0.4) is 0 Å². The molecule has 1 saturated heterocycles. The molecular weight excluding hydrogens is 498 g/mol. The number of esters is 1. The zero-order valence-corrected chi connectivity index (χ0v) is 21.7. The molecule has 212 valence electrons. The van der Waals surface area contributed by atoms with Crippen molar-refractivity contribution in [3.63, 3.8) is 0 Å². The second-order valence-electron chi connectivity index (χ2n) is 9.78. The minimum absolute atomic E-state index is 0.0381. The Hall–Kier alpha value is -2.61. The number of benzene rings is 1. The number of fused-ring (bicyclic) bond motifs is 1. The van der Waals surface area contributed by atoms with E-state index in [0.717, 1.165) is 31.2 Å². The normalized spacial score (nSPS) is 22.6. The number of aryl methyl sites for hydroxylation is 1. The van der Waals surface area contributed by atoms with Crippen molar-refractivity contribution >= 4 is 17.8 Å². The summed E-state index contributed by atoms with van der Waals surface area (Å²) in [4.78, 5) is 44.4. The third-order valence-corrected chi connectivity index (χ3v) is 7.20. The summed E-state index contributed by atoms with van der Waals surface area (Å²) in [6, 6.07) is 7.15. The summed E-state index contributed by atoms with van der Waals surface area (Å²) < 4.78 is 10.6. The number of likely N-dealkylation sites (tertiary alicyclic amines) is 1. The number of carboxylic acid groups (broad SMARTS) is 1.